The molecule has 2 rings (SSSR count). The van der Waals surface area contributed by atoms with Gasteiger partial charge in [0.2, 0.25) is 0 Å². The van der Waals surface area contributed by atoms with E-state index in [1.807, 2.05) is 0 Å². The van der Waals surface area contributed by atoms with Gasteiger partial charge in [0.15, 0.2) is 0 Å². The molecule has 0 amide bonds. The topological polar surface area (TPSA) is 24.5 Å². The minimum Gasteiger partial charge on any atom is -0.381 e. The molecule has 4 heteroatoms. The number of rotatable bonds is 4. The Balaban J connectivity index is 1.88. The molecule has 19 heavy (non-hydrogen) atoms. The zero-order valence-corrected chi connectivity index (χ0v) is 13.5. The van der Waals surface area contributed by atoms with E-state index in [0.717, 1.165) is 36.4 Å². The first kappa shape index (κ1) is 14.8. The molecule has 1 atom stereocenters. The van der Waals surface area contributed by atoms with Gasteiger partial charge < -0.3 is 10.1 Å². The molecule has 106 valence electrons. The Kier molecular flexibility index (Phi) is 5.25. The smallest absolute Gasteiger partial charge is 0.0874 e. The number of halogens is 1. The van der Waals surface area contributed by atoms with Crippen molar-refractivity contribution in [1.29, 1.82) is 0 Å². The van der Waals surface area contributed by atoms with Gasteiger partial charge in [-0.15, -0.1) is 0 Å². The summed E-state index contributed by atoms with van der Waals surface area (Å²) >= 11 is 3.59. The van der Waals surface area contributed by atoms with E-state index >= 15 is 0 Å². The lowest BCUT2D eigenvalue weighted by Crippen LogP contribution is -2.48. The molecule has 0 bridgehead atoms. The number of hydrogen-bond donors (Lipinski definition) is 1. The SMILES string of the molecule is Cc1ccc(NCC2CN(C(C)C)CCO2)c(Br)c1. The van der Waals surface area contributed by atoms with Crippen molar-refractivity contribution in [2.45, 2.75) is 32.9 Å². The third-order valence-electron chi connectivity index (χ3n) is 3.55. The van der Waals surface area contributed by atoms with Crippen LogP contribution in [0.25, 0.3) is 0 Å². The van der Waals surface area contributed by atoms with Gasteiger partial charge in [0, 0.05) is 35.8 Å². The minimum atomic E-state index is 0.268. The molecule has 1 N–H and O–H groups in total. The number of aryl methyl sites for hydroxylation is 1. The molecule has 0 saturated carbocycles. The van der Waals surface area contributed by atoms with Gasteiger partial charge in [0.25, 0.3) is 0 Å². The molecule has 1 aromatic carbocycles. The van der Waals surface area contributed by atoms with Crippen molar-refractivity contribution in [3.8, 4) is 0 Å². The lowest BCUT2D eigenvalue weighted by Gasteiger charge is -2.35. The summed E-state index contributed by atoms with van der Waals surface area (Å²) in [6.45, 7) is 10.3. The van der Waals surface area contributed by atoms with Crippen molar-refractivity contribution in [2.75, 3.05) is 31.6 Å². The van der Waals surface area contributed by atoms with Crippen LogP contribution in [-0.2, 0) is 4.74 Å². The summed E-state index contributed by atoms with van der Waals surface area (Å²) in [6, 6.07) is 6.96. The molecule has 3 nitrogen and oxygen atoms in total. The van der Waals surface area contributed by atoms with E-state index in [4.69, 9.17) is 4.74 Å². The van der Waals surface area contributed by atoms with Crippen LogP contribution in [0.3, 0.4) is 0 Å². The van der Waals surface area contributed by atoms with Gasteiger partial charge in [0.05, 0.1) is 12.7 Å². The molecule has 0 radical (unpaired) electrons. The van der Waals surface area contributed by atoms with Crippen molar-refractivity contribution >= 4 is 21.6 Å². The van der Waals surface area contributed by atoms with Crippen LogP contribution >= 0.6 is 15.9 Å². The predicted octanol–water partition coefficient (Wildman–Crippen LogP) is 3.28. The van der Waals surface area contributed by atoms with Crippen LogP contribution < -0.4 is 5.32 Å². The highest BCUT2D eigenvalue weighted by molar-refractivity contribution is 9.10. The summed E-state index contributed by atoms with van der Waals surface area (Å²) in [4.78, 5) is 2.47. The quantitative estimate of drug-likeness (QED) is 0.918. The highest BCUT2D eigenvalue weighted by atomic mass is 79.9. The summed E-state index contributed by atoms with van der Waals surface area (Å²) in [5.41, 5.74) is 2.40. The van der Waals surface area contributed by atoms with Crippen LogP contribution in [0.5, 0.6) is 0 Å². The lowest BCUT2D eigenvalue weighted by atomic mass is 10.2. The highest BCUT2D eigenvalue weighted by Gasteiger charge is 2.21. The molecule has 1 aliphatic heterocycles. The second kappa shape index (κ2) is 6.73. The van der Waals surface area contributed by atoms with E-state index < -0.39 is 0 Å². The van der Waals surface area contributed by atoms with Gasteiger partial charge in [-0.25, -0.2) is 0 Å². The molecule has 1 aromatic rings. The molecular formula is C15H23BrN2O. The van der Waals surface area contributed by atoms with Crippen LogP contribution in [0.1, 0.15) is 19.4 Å². The van der Waals surface area contributed by atoms with E-state index in [9.17, 15) is 0 Å². The Labute approximate surface area is 124 Å². The fourth-order valence-electron chi connectivity index (χ4n) is 2.32. The molecule has 0 aromatic heterocycles. The van der Waals surface area contributed by atoms with Crippen LogP contribution in [0.2, 0.25) is 0 Å². The molecule has 0 aliphatic carbocycles. The number of nitrogens with one attached hydrogen (secondary N) is 1. The minimum absolute atomic E-state index is 0.268. The summed E-state index contributed by atoms with van der Waals surface area (Å²) in [5, 5.41) is 3.47. The Morgan fingerprint density at radius 2 is 2.26 bits per heavy atom. The maximum Gasteiger partial charge on any atom is 0.0874 e. The van der Waals surface area contributed by atoms with Crippen molar-refractivity contribution in [2.24, 2.45) is 0 Å². The first-order chi connectivity index (χ1) is 9.06. The fourth-order valence-corrected chi connectivity index (χ4v) is 2.96. The van der Waals surface area contributed by atoms with Crippen LogP contribution in [0.4, 0.5) is 5.69 Å². The zero-order chi connectivity index (χ0) is 13.8. The maximum atomic E-state index is 5.82. The van der Waals surface area contributed by atoms with Crippen molar-refractivity contribution in [3.05, 3.63) is 28.2 Å². The largest absolute Gasteiger partial charge is 0.381 e. The maximum absolute atomic E-state index is 5.82. The number of ether oxygens (including phenoxy) is 1. The standard InChI is InChI=1S/C15H23BrN2O/c1-11(2)18-6-7-19-13(10-18)9-17-15-5-4-12(3)8-14(15)16/h4-5,8,11,13,17H,6-7,9-10H2,1-3H3. The van der Waals surface area contributed by atoms with Crippen LogP contribution in [-0.4, -0.2) is 43.3 Å². The van der Waals surface area contributed by atoms with E-state index in [1.165, 1.54) is 5.56 Å². The lowest BCUT2D eigenvalue weighted by molar-refractivity contribution is -0.0315. The Hall–Kier alpha value is -0.580. The van der Waals surface area contributed by atoms with E-state index in [0.29, 0.717) is 6.04 Å². The fraction of sp³-hybridized carbons (Fsp3) is 0.600. The molecule has 1 fully saturated rings. The summed E-state index contributed by atoms with van der Waals surface area (Å²) in [6.07, 6.45) is 0.268. The highest BCUT2D eigenvalue weighted by Crippen LogP contribution is 2.23. The van der Waals surface area contributed by atoms with E-state index in [2.05, 4.69) is 65.1 Å². The Bertz CT molecular complexity index is 423. The molecule has 1 heterocycles. The van der Waals surface area contributed by atoms with Gasteiger partial charge in [-0.1, -0.05) is 6.07 Å². The second-order valence-electron chi connectivity index (χ2n) is 5.45. The van der Waals surface area contributed by atoms with Gasteiger partial charge in [-0.05, 0) is 54.4 Å². The monoisotopic (exact) mass is 326 g/mol. The molecule has 1 saturated heterocycles. The predicted molar refractivity (Wildman–Crippen MR) is 83.8 cm³/mol. The van der Waals surface area contributed by atoms with Crippen molar-refractivity contribution in [3.63, 3.8) is 0 Å². The van der Waals surface area contributed by atoms with Crippen molar-refractivity contribution < 1.29 is 4.74 Å². The third-order valence-corrected chi connectivity index (χ3v) is 4.20. The van der Waals surface area contributed by atoms with E-state index in [1.54, 1.807) is 0 Å². The van der Waals surface area contributed by atoms with Crippen molar-refractivity contribution in [1.82, 2.24) is 4.90 Å². The summed E-state index contributed by atoms with van der Waals surface area (Å²) in [7, 11) is 0. The summed E-state index contributed by atoms with van der Waals surface area (Å²) in [5.74, 6) is 0. The molecule has 1 aliphatic rings. The van der Waals surface area contributed by atoms with Crippen LogP contribution in [0.15, 0.2) is 22.7 Å². The Morgan fingerprint density at radius 3 is 2.95 bits per heavy atom. The van der Waals surface area contributed by atoms with Gasteiger partial charge >= 0.3 is 0 Å². The third kappa shape index (κ3) is 4.20. The number of benzene rings is 1. The van der Waals surface area contributed by atoms with Gasteiger partial charge in [-0.3, -0.25) is 4.90 Å². The average Bonchev–Trinajstić information content (AvgIpc) is 2.38. The number of hydrogen-bond acceptors (Lipinski definition) is 3. The molecule has 1 unspecified atom stereocenters. The number of morpholine rings is 1. The average molecular weight is 327 g/mol. The normalized spacial score (nSPS) is 20.8. The first-order valence-corrected chi connectivity index (χ1v) is 7.71. The van der Waals surface area contributed by atoms with Gasteiger partial charge in [-0.2, -0.15) is 0 Å². The molecular weight excluding hydrogens is 304 g/mol. The Morgan fingerprint density at radius 1 is 1.47 bits per heavy atom. The second-order valence-corrected chi connectivity index (χ2v) is 6.30. The van der Waals surface area contributed by atoms with Gasteiger partial charge in [0.1, 0.15) is 0 Å². The number of nitrogens with zero attached hydrogens (tertiary/aromatic N) is 1. The molecule has 0 spiro atoms. The zero-order valence-electron chi connectivity index (χ0n) is 11.9. The number of anilines is 1. The first-order valence-electron chi connectivity index (χ1n) is 6.92. The van der Waals surface area contributed by atoms with Crippen LogP contribution in [0, 0.1) is 6.92 Å². The van der Waals surface area contributed by atoms with E-state index in [-0.39, 0.29) is 6.10 Å². The summed E-state index contributed by atoms with van der Waals surface area (Å²) < 4.78 is 6.94.